The Hall–Kier alpha value is -2.79. The highest BCUT2D eigenvalue weighted by Gasteiger charge is 2.42. The average molecular weight is 407 g/mol. The maximum atomic E-state index is 12.4. The number of thiazole rings is 1. The van der Waals surface area contributed by atoms with Gasteiger partial charge in [-0.2, -0.15) is 8.78 Å². The van der Waals surface area contributed by atoms with Crippen LogP contribution in [0.1, 0.15) is 16.6 Å². The highest BCUT2D eigenvalue weighted by Crippen LogP contribution is 2.43. The van der Waals surface area contributed by atoms with E-state index in [1.165, 1.54) is 23.6 Å². The molecule has 146 valence electrons. The van der Waals surface area contributed by atoms with Crippen LogP contribution in [-0.2, 0) is 11.2 Å². The first kappa shape index (κ1) is 17.3. The molecule has 1 fully saturated rings. The van der Waals surface area contributed by atoms with Gasteiger partial charge in [-0.25, -0.2) is 15.0 Å². The van der Waals surface area contributed by atoms with Gasteiger partial charge in [0.1, 0.15) is 5.69 Å². The van der Waals surface area contributed by atoms with Crippen LogP contribution in [-0.4, -0.2) is 40.8 Å². The first-order valence-corrected chi connectivity index (χ1v) is 9.39. The van der Waals surface area contributed by atoms with E-state index in [0.717, 1.165) is 10.6 Å². The molecule has 5 heterocycles. The second kappa shape index (κ2) is 6.67. The van der Waals surface area contributed by atoms with Crippen molar-refractivity contribution in [1.29, 1.82) is 0 Å². The standard InChI is InChI=1S/C17H15F2N5O3S/c18-15(19)27-13-3-1-2-9(22-13)12-5-21-17(26-12)24-8-4-10-14(28-16(20)23-10)11(24)7-25-6-8/h1-3,5,8,11,15H,4,6-7H2,(H2,20,23)/t8-,11-/m0/s1. The van der Waals surface area contributed by atoms with E-state index in [0.29, 0.717) is 42.2 Å². The molecule has 2 bridgehead atoms. The highest BCUT2D eigenvalue weighted by molar-refractivity contribution is 7.15. The summed E-state index contributed by atoms with van der Waals surface area (Å²) >= 11 is 1.44. The van der Waals surface area contributed by atoms with Gasteiger partial charge in [-0.1, -0.05) is 17.4 Å². The van der Waals surface area contributed by atoms with Crippen LogP contribution < -0.4 is 15.4 Å². The van der Waals surface area contributed by atoms with Crippen molar-refractivity contribution in [1.82, 2.24) is 15.0 Å². The Balaban J connectivity index is 1.47. The molecular weight excluding hydrogens is 392 g/mol. The lowest BCUT2D eigenvalue weighted by molar-refractivity contribution is -0.0527. The average Bonchev–Trinajstić information content (AvgIpc) is 3.27. The van der Waals surface area contributed by atoms with Crippen LogP contribution in [0.15, 0.2) is 28.8 Å². The number of morpholine rings is 1. The molecule has 2 N–H and O–H groups in total. The summed E-state index contributed by atoms with van der Waals surface area (Å²) in [6.07, 6.45) is 2.21. The first-order chi connectivity index (χ1) is 13.6. The fraction of sp³-hybridized carbons (Fsp3) is 0.353. The van der Waals surface area contributed by atoms with Crippen molar-refractivity contribution in [3.63, 3.8) is 0 Å². The van der Waals surface area contributed by atoms with E-state index in [4.69, 9.17) is 14.9 Å². The van der Waals surface area contributed by atoms with Gasteiger partial charge in [0.15, 0.2) is 10.9 Å². The Morgan fingerprint density at radius 1 is 1.29 bits per heavy atom. The molecule has 3 aromatic rings. The molecule has 28 heavy (non-hydrogen) atoms. The van der Waals surface area contributed by atoms with Crippen LogP contribution in [0, 0.1) is 0 Å². The van der Waals surface area contributed by atoms with Crippen molar-refractivity contribution >= 4 is 22.5 Å². The maximum Gasteiger partial charge on any atom is 0.388 e. The highest BCUT2D eigenvalue weighted by atomic mass is 32.1. The summed E-state index contributed by atoms with van der Waals surface area (Å²) in [5.74, 6) is 0.182. The minimum Gasteiger partial charge on any atom is -0.422 e. The second-order valence-corrected chi connectivity index (χ2v) is 7.49. The molecule has 0 aromatic carbocycles. The molecule has 2 atom stereocenters. The molecule has 11 heteroatoms. The summed E-state index contributed by atoms with van der Waals surface area (Å²) in [6, 6.07) is 4.94. The topological polar surface area (TPSA) is 99.5 Å². The van der Waals surface area contributed by atoms with E-state index in [1.54, 1.807) is 12.1 Å². The first-order valence-electron chi connectivity index (χ1n) is 8.57. The molecule has 0 saturated carbocycles. The minimum atomic E-state index is -2.94. The van der Waals surface area contributed by atoms with Gasteiger partial charge in [0.05, 0.1) is 42.1 Å². The molecule has 2 aliphatic rings. The molecular formula is C17H15F2N5O3S. The Kier molecular flexibility index (Phi) is 4.13. The smallest absolute Gasteiger partial charge is 0.388 e. The summed E-state index contributed by atoms with van der Waals surface area (Å²) < 4.78 is 40.9. The molecule has 5 rings (SSSR count). The quantitative estimate of drug-likeness (QED) is 0.705. The normalized spacial score (nSPS) is 21.0. The van der Waals surface area contributed by atoms with E-state index in [9.17, 15) is 8.78 Å². The molecule has 1 saturated heterocycles. The van der Waals surface area contributed by atoms with Crippen LogP contribution in [0.3, 0.4) is 0 Å². The van der Waals surface area contributed by atoms with E-state index >= 15 is 0 Å². The number of pyridine rings is 1. The summed E-state index contributed by atoms with van der Waals surface area (Å²) in [7, 11) is 0. The number of halogens is 2. The van der Waals surface area contributed by atoms with Crippen molar-refractivity contribution in [3.05, 3.63) is 35.0 Å². The zero-order valence-electron chi connectivity index (χ0n) is 14.4. The van der Waals surface area contributed by atoms with Gasteiger partial charge < -0.3 is 24.5 Å². The number of ether oxygens (including phenoxy) is 2. The summed E-state index contributed by atoms with van der Waals surface area (Å²) in [4.78, 5) is 16.0. The van der Waals surface area contributed by atoms with E-state index < -0.39 is 6.61 Å². The summed E-state index contributed by atoms with van der Waals surface area (Å²) in [5.41, 5.74) is 7.25. The van der Waals surface area contributed by atoms with Crippen LogP contribution >= 0.6 is 11.3 Å². The SMILES string of the molecule is Nc1nc2c(s1)[C@@H]1COC[C@H](C2)N1c1ncc(-c2cccc(OC(F)F)n2)o1. The van der Waals surface area contributed by atoms with Gasteiger partial charge in [-0.05, 0) is 6.07 Å². The Morgan fingerprint density at radius 3 is 3.04 bits per heavy atom. The fourth-order valence-electron chi connectivity index (χ4n) is 3.60. The molecule has 8 nitrogen and oxygen atoms in total. The molecule has 2 aliphatic heterocycles. The number of rotatable bonds is 4. The van der Waals surface area contributed by atoms with Crippen LogP contribution in [0.5, 0.6) is 5.88 Å². The molecule has 0 unspecified atom stereocenters. The number of nitrogens with two attached hydrogens (primary N) is 1. The molecule has 0 amide bonds. The zero-order valence-corrected chi connectivity index (χ0v) is 15.2. The third-order valence-corrected chi connectivity index (χ3v) is 5.72. The largest absolute Gasteiger partial charge is 0.422 e. The van der Waals surface area contributed by atoms with Gasteiger partial charge in [0.25, 0.3) is 6.01 Å². The van der Waals surface area contributed by atoms with Crippen molar-refractivity contribution in [2.75, 3.05) is 23.8 Å². The second-order valence-electron chi connectivity index (χ2n) is 6.43. The monoisotopic (exact) mass is 407 g/mol. The van der Waals surface area contributed by atoms with Gasteiger partial charge >= 0.3 is 6.61 Å². The minimum absolute atomic E-state index is 0.0284. The van der Waals surface area contributed by atoms with Gasteiger partial charge in [0.2, 0.25) is 5.88 Å². The van der Waals surface area contributed by atoms with E-state index in [-0.39, 0.29) is 18.0 Å². The van der Waals surface area contributed by atoms with Crippen LogP contribution in [0.4, 0.5) is 19.9 Å². The Bertz CT molecular complexity index is 1010. The lowest BCUT2D eigenvalue weighted by Crippen LogP contribution is -2.51. The molecule has 0 aliphatic carbocycles. The molecule has 0 radical (unpaired) electrons. The fourth-order valence-corrected chi connectivity index (χ4v) is 4.55. The number of hydrogen-bond donors (Lipinski definition) is 1. The zero-order chi connectivity index (χ0) is 19.3. The number of anilines is 2. The van der Waals surface area contributed by atoms with E-state index in [1.807, 2.05) is 0 Å². The van der Waals surface area contributed by atoms with Crippen molar-refractivity contribution < 1.29 is 22.7 Å². The predicted octanol–water partition coefficient (Wildman–Crippen LogP) is 2.88. The van der Waals surface area contributed by atoms with Crippen LogP contribution in [0.25, 0.3) is 11.5 Å². The number of nitrogens with zero attached hydrogens (tertiary/aromatic N) is 4. The Labute approximate surface area is 161 Å². The number of hydrogen-bond acceptors (Lipinski definition) is 9. The Morgan fingerprint density at radius 2 is 2.18 bits per heavy atom. The number of fused-ring (bicyclic) bond motifs is 4. The maximum absolute atomic E-state index is 12.4. The van der Waals surface area contributed by atoms with E-state index in [2.05, 4.69) is 24.6 Å². The molecule has 3 aromatic heterocycles. The third-order valence-electron chi connectivity index (χ3n) is 4.69. The number of aromatic nitrogens is 3. The van der Waals surface area contributed by atoms with Crippen molar-refractivity contribution in [2.45, 2.75) is 25.1 Å². The predicted molar refractivity (Wildman–Crippen MR) is 96.4 cm³/mol. The van der Waals surface area contributed by atoms with Crippen LogP contribution in [0.2, 0.25) is 0 Å². The van der Waals surface area contributed by atoms with Gasteiger partial charge in [-0.3, -0.25) is 0 Å². The lowest BCUT2D eigenvalue weighted by atomic mass is 9.97. The van der Waals surface area contributed by atoms with Crippen molar-refractivity contribution in [3.8, 4) is 17.3 Å². The number of nitrogen functional groups attached to an aromatic ring is 1. The third kappa shape index (κ3) is 2.96. The number of oxazole rings is 1. The van der Waals surface area contributed by atoms with Gasteiger partial charge in [-0.15, -0.1) is 0 Å². The lowest BCUT2D eigenvalue weighted by Gasteiger charge is -2.43. The van der Waals surface area contributed by atoms with Crippen molar-refractivity contribution in [2.24, 2.45) is 0 Å². The summed E-state index contributed by atoms with van der Waals surface area (Å²) in [5, 5.41) is 0.533. The summed E-state index contributed by atoms with van der Waals surface area (Å²) in [6.45, 7) is -1.93. The molecule has 0 spiro atoms. The number of alkyl halides is 2. The van der Waals surface area contributed by atoms with Gasteiger partial charge in [0, 0.05) is 12.5 Å².